The molecule has 0 N–H and O–H groups in total. The molecule has 0 fully saturated rings. The van der Waals surface area contributed by atoms with Crippen molar-refractivity contribution < 1.29 is 8.42 Å². The van der Waals surface area contributed by atoms with Crippen molar-refractivity contribution in [2.24, 2.45) is 11.8 Å². The van der Waals surface area contributed by atoms with Crippen LogP contribution in [0.2, 0.25) is 0 Å². The van der Waals surface area contributed by atoms with Crippen LogP contribution in [0.3, 0.4) is 0 Å². The predicted octanol–water partition coefficient (Wildman–Crippen LogP) is 1.32. The highest BCUT2D eigenvalue weighted by molar-refractivity contribution is 7.90. The van der Waals surface area contributed by atoms with E-state index in [-0.39, 0.29) is 5.92 Å². The van der Waals surface area contributed by atoms with E-state index >= 15 is 0 Å². The van der Waals surface area contributed by atoms with Crippen molar-refractivity contribution in [1.29, 1.82) is 0 Å². The minimum absolute atomic E-state index is 0.273. The molecule has 3 heteroatoms. The molecule has 0 radical (unpaired) electrons. The normalized spacial score (nSPS) is 15.7. The summed E-state index contributed by atoms with van der Waals surface area (Å²) >= 11 is 0. The van der Waals surface area contributed by atoms with Crippen LogP contribution in [0.5, 0.6) is 0 Å². The maximum Gasteiger partial charge on any atom is 0.147 e. The third-order valence-corrected chi connectivity index (χ3v) is 2.83. The summed E-state index contributed by atoms with van der Waals surface area (Å²) in [6, 6.07) is 0. The molecule has 0 aromatic carbocycles. The average Bonchev–Trinajstić information content (AvgIpc) is 1.60. The molecule has 1 atom stereocenters. The number of hydrogen-bond acceptors (Lipinski definition) is 2. The Morgan fingerprint density at radius 3 is 1.70 bits per heavy atom. The average molecular weight is 164 g/mol. The largest absolute Gasteiger partial charge is 0.229 e. The van der Waals surface area contributed by atoms with E-state index in [1.165, 1.54) is 6.26 Å². The zero-order valence-electron chi connectivity index (χ0n) is 7.09. The molecule has 1 unspecified atom stereocenters. The number of sulfone groups is 1. The third kappa shape index (κ3) is 4.79. The lowest BCUT2D eigenvalue weighted by atomic mass is 10.0. The van der Waals surface area contributed by atoms with E-state index in [4.69, 9.17) is 0 Å². The first-order valence-corrected chi connectivity index (χ1v) is 5.56. The van der Waals surface area contributed by atoms with Crippen molar-refractivity contribution >= 4 is 9.84 Å². The van der Waals surface area contributed by atoms with Crippen molar-refractivity contribution in [3.05, 3.63) is 0 Å². The molecule has 0 heterocycles. The second-order valence-corrected chi connectivity index (χ2v) is 5.50. The van der Waals surface area contributed by atoms with E-state index in [0.29, 0.717) is 11.7 Å². The van der Waals surface area contributed by atoms with Crippen LogP contribution in [-0.4, -0.2) is 20.4 Å². The van der Waals surface area contributed by atoms with Crippen LogP contribution in [0.25, 0.3) is 0 Å². The molecule has 0 saturated carbocycles. The highest BCUT2D eigenvalue weighted by Crippen LogP contribution is 2.11. The monoisotopic (exact) mass is 164 g/mol. The molecule has 10 heavy (non-hydrogen) atoms. The van der Waals surface area contributed by atoms with Crippen LogP contribution in [0.1, 0.15) is 20.8 Å². The lowest BCUT2D eigenvalue weighted by Gasteiger charge is -2.12. The molecular formula is C7H16O2S. The van der Waals surface area contributed by atoms with Gasteiger partial charge in [0.1, 0.15) is 9.84 Å². The lowest BCUT2D eigenvalue weighted by Crippen LogP contribution is -2.16. The van der Waals surface area contributed by atoms with Gasteiger partial charge in [0.25, 0.3) is 0 Å². The van der Waals surface area contributed by atoms with Crippen molar-refractivity contribution in [3.8, 4) is 0 Å². The van der Waals surface area contributed by atoms with Crippen LogP contribution < -0.4 is 0 Å². The van der Waals surface area contributed by atoms with Crippen LogP contribution >= 0.6 is 0 Å². The molecule has 62 valence electrons. The van der Waals surface area contributed by atoms with Gasteiger partial charge in [0.2, 0.25) is 0 Å². The Balaban J connectivity index is 3.93. The molecule has 0 spiro atoms. The van der Waals surface area contributed by atoms with Crippen LogP contribution in [0.15, 0.2) is 0 Å². The Labute approximate surface area is 63.6 Å². The summed E-state index contributed by atoms with van der Waals surface area (Å²) in [5.74, 6) is 1.04. The molecule has 0 aromatic rings. The lowest BCUT2D eigenvalue weighted by molar-refractivity contribution is 0.453. The summed E-state index contributed by atoms with van der Waals surface area (Å²) in [5, 5.41) is 0. The number of rotatable bonds is 3. The van der Waals surface area contributed by atoms with E-state index < -0.39 is 9.84 Å². The first-order chi connectivity index (χ1) is 4.33. The summed E-state index contributed by atoms with van der Waals surface area (Å²) < 4.78 is 21.5. The fraction of sp³-hybridized carbons (Fsp3) is 1.00. The Morgan fingerprint density at radius 2 is 1.60 bits per heavy atom. The van der Waals surface area contributed by atoms with Gasteiger partial charge in [0, 0.05) is 6.26 Å². The molecule has 0 aliphatic heterocycles. The topological polar surface area (TPSA) is 34.1 Å². The number of hydrogen-bond donors (Lipinski definition) is 0. The Kier molecular flexibility index (Phi) is 3.36. The molecule has 0 aromatic heterocycles. The second kappa shape index (κ2) is 3.37. The van der Waals surface area contributed by atoms with Crippen molar-refractivity contribution in [2.75, 3.05) is 12.0 Å². The van der Waals surface area contributed by atoms with E-state index in [0.717, 1.165) is 0 Å². The Bertz CT molecular complexity index is 180. The molecule has 0 aliphatic carbocycles. The van der Waals surface area contributed by atoms with Gasteiger partial charge in [-0.05, 0) is 11.8 Å². The molecule has 2 nitrogen and oxygen atoms in total. The zero-order valence-corrected chi connectivity index (χ0v) is 7.90. The molecule has 0 saturated heterocycles. The zero-order chi connectivity index (χ0) is 8.36. The van der Waals surface area contributed by atoms with Crippen molar-refractivity contribution in [3.63, 3.8) is 0 Å². The van der Waals surface area contributed by atoms with Gasteiger partial charge in [-0.2, -0.15) is 0 Å². The highest BCUT2D eigenvalue weighted by atomic mass is 32.2. The van der Waals surface area contributed by atoms with Crippen LogP contribution in [0.4, 0.5) is 0 Å². The van der Waals surface area contributed by atoms with E-state index in [1.807, 2.05) is 20.8 Å². The van der Waals surface area contributed by atoms with Gasteiger partial charge in [-0.1, -0.05) is 20.8 Å². The summed E-state index contributed by atoms with van der Waals surface area (Å²) in [5.41, 5.74) is 0. The SMILES string of the molecule is CC(C)C(C)CS(C)(=O)=O. The van der Waals surface area contributed by atoms with Gasteiger partial charge in [0.15, 0.2) is 0 Å². The Morgan fingerprint density at radius 1 is 1.20 bits per heavy atom. The fourth-order valence-electron chi connectivity index (χ4n) is 0.670. The van der Waals surface area contributed by atoms with Crippen molar-refractivity contribution in [2.45, 2.75) is 20.8 Å². The molecule has 0 bridgehead atoms. The minimum atomic E-state index is -2.77. The van der Waals surface area contributed by atoms with E-state index in [2.05, 4.69) is 0 Å². The van der Waals surface area contributed by atoms with Gasteiger partial charge < -0.3 is 0 Å². The first kappa shape index (κ1) is 9.95. The van der Waals surface area contributed by atoms with Gasteiger partial charge >= 0.3 is 0 Å². The summed E-state index contributed by atoms with van der Waals surface area (Å²) in [4.78, 5) is 0. The van der Waals surface area contributed by atoms with Gasteiger partial charge in [-0.3, -0.25) is 0 Å². The highest BCUT2D eigenvalue weighted by Gasteiger charge is 2.12. The third-order valence-electron chi connectivity index (χ3n) is 1.70. The molecule has 0 rings (SSSR count). The maximum atomic E-state index is 10.7. The first-order valence-electron chi connectivity index (χ1n) is 3.50. The summed E-state index contributed by atoms with van der Waals surface area (Å²) in [6.07, 6.45) is 1.28. The summed E-state index contributed by atoms with van der Waals surface area (Å²) in [7, 11) is -2.77. The quantitative estimate of drug-likeness (QED) is 0.630. The van der Waals surface area contributed by atoms with E-state index in [9.17, 15) is 8.42 Å². The van der Waals surface area contributed by atoms with Crippen LogP contribution in [-0.2, 0) is 9.84 Å². The van der Waals surface area contributed by atoms with Crippen molar-refractivity contribution in [1.82, 2.24) is 0 Å². The standard InChI is InChI=1S/C7H16O2S/c1-6(2)7(3)5-10(4,8)9/h6-7H,5H2,1-4H3. The van der Waals surface area contributed by atoms with Gasteiger partial charge in [-0.25, -0.2) is 8.42 Å². The maximum absolute atomic E-state index is 10.7. The molecule has 0 amide bonds. The Hall–Kier alpha value is -0.0500. The predicted molar refractivity (Wildman–Crippen MR) is 43.7 cm³/mol. The van der Waals surface area contributed by atoms with E-state index in [1.54, 1.807) is 0 Å². The van der Waals surface area contributed by atoms with Gasteiger partial charge in [-0.15, -0.1) is 0 Å². The smallest absolute Gasteiger partial charge is 0.147 e. The van der Waals surface area contributed by atoms with Crippen LogP contribution in [0, 0.1) is 11.8 Å². The van der Waals surface area contributed by atoms with Gasteiger partial charge in [0.05, 0.1) is 5.75 Å². The fourth-order valence-corrected chi connectivity index (χ4v) is 2.01. The second-order valence-electron chi connectivity index (χ2n) is 3.31. The molecule has 0 aliphatic rings. The molecular weight excluding hydrogens is 148 g/mol. The minimum Gasteiger partial charge on any atom is -0.229 e. The summed E-state index contributed by atoms with van der Waals surface area (Å²) in [6.45, 7) is 6.04.